The van der Waals surface area contributed by atoms with Gasteiger partial charge in [0, 0.05) is 4.88 Å². The summed E-state index contributed by atoms with van der Waals surface area (Å²) in [5.41, 5.74) is 0.370. The molecule has 3 heteroatoms. The molecule has 0 fully saturated rings. The smallest absolute Gasteiger partial charge is 0.336 e. The van der Waals surface area contributed by atoms with Gasteiger partial charge in [0.1, 0.15) is 0 Å². The van der Waals surface area contributed by atoms with Gasteiger partial charge in [0.25, 0.3) is 0 Å². The van der Waals surface area contributed by atoms with Gasteiger partial charge >= 0.3 is 5.97 Å². The number of rotatable bonds is 1. The Bertz CT molecular complexity index is 294. The summed E-state index contributed by atoms with van der Waals surface area (Å²) in [5.74, 6) is -0.832. The first kappa shape index (κ1) is 9.26. The number of carboxylic acid groups (broad SMARTS) is 1. The lowest BCUT2D eigenvalue weighted by atomic mass is 9.92. The van der Waals surface area contributed by atoms with Gasteiger partial charge < -0.3 is 5.11 Å². The van der Waals surface area contributed by atoms with Crippen molar-refractivity contribution >= 4 is 17.3 Å². The highest BCUT2D eigenvalue weighted by Gasteiger charge is 2.22. The Morgan fingerprint density at radius 1 is 1.50 bits per heavy atom. The van der Waals surface area contributed by atoms with Crippen LogP contribution in [0.4, 0.5) is 0 Å². The summed E-state index contributed by atoms with van der Waals surface area (Å²) >= 11 is 1.50. The van der Waals surface area contributed by atoms with Crippen LogP contribution in [0.15, 0.2) is 11.4 Å². The van der Waals surface area contributed by atoms with E-state index in [1.165, 1.54) is 11.3 Å². The second kappa shape index (κ2) is 2.90. The van der Waals surface area contributed by atoms with Crippen LogP contribution in [0.25, 0.3) is 0 Å². The van der Waals surface area contributed by atoms with Crippen LogP contribution in [0.2, 0.25) is 0 Å². The molecular formula is C9H12O2S. The Hall–Kier alpha value is -0.830. The van der Waals surface area contributed by atoms with Gasteiger partial charge in [-0.2, -0.15) is 0 Å². The molecule has 0 aromatic carbocycles. The number of carbonyl (C=O) groups is 1. The second-order valence-corrected chi connectivity index (χ2v) is 4.63. The van der Waals surface area contributed by atoms with Gasteiger partial charge in [-0.1, -0.05) is 20.8 Å². The molecule has 66 valence electrons. The molecule has 0 unspecified atom stereocenters. The lowest BCUT2D eigenvalue weighted by molar-refractivity contribution is 0.0695. The van der Waals surface area contributed by atoms with E-state index in [1.54, 1.807) is 6.07 Å². The van der Waals surface area contributed by atoms with Gasteiger partial charge in [-0.15, -0.1) is 11.3 Å². The van der Waals surface area contributed by atoms with Crippen molar-refractivity contribution in [3.05, 3.63) is 21.9 Å². The SMILES string of the molecule is CC(C)(C)c1sccc1C(=O)O. The first-order valence-corrected chi connectivity index (χ1v) is 4.62. The van der Waals surface area contributed by atoms with E-state index in [4.69, 9.17) is 5.11 Å². The van der Waals surface area contributed by atoms with E-state index in [0.717, 1.165) is 4.88 Å². The molecule has 0 aliphatic rings. The third-order valence-electron chi connectivity index (χ3n) is 1.58. The average Bonchev–Trinajstić information content (AvgIpc) is 2.30. The van der Waals surface area contributed by atoms with Gasteiger partial charge in [-0.25, -0.2) is 4.79 Å². The summed E-state index contributed by atoms with van der Waals surface area (Å²) in [7, 11) is 0. The van der Waals surface area contributed by atoms with Crippen molar-refractivity contribution in [3.8, 4) is 0 Å². The van der Waals surface area contributed by atoms with Crippen molar-refractivity contribution < 1.29 is 9.90 Å². The average molecular weight is 184 g/mol. The van der Waals surface area contributed by atoms with Crippen molar-refractivity contribution in [1.82, 2.24) is 0 Å². The largest absolute Gasteiger partial charge is 0.478 e. The fraction of sp³-hybridized carbons (Fsp3) is 0.444. The Labute approximate surface area is 75.9 Å². The van der Waals surface area contributed by atoms with Crippen molar-refractivity contribution in [2.45, 2.75) is 26.2 Å². The predicted molar refractivity (Wildman–Crippen MR) is 50.0 cm³/mol. The zero-order valence-electron chi connectivity index (χ0n) is 7.42. The molecule has 1 heterocycles. The Morgan fingerprint density at radius 2 is 2.08 bits per heavy atom. The highest BCUT2D eigenvalue weighted by molar-refractivity contribution is 7.10. The number of hydrogen-bond acceptors (Lipinski definition) is 2. The molecule has 0 saturated carbocycles. The van der Waals surface area contributed by atoms with Crippen LogP contribution in [-0.2, 0) is 5.41 Å². The molecule has 0 saturated heterocycles. The Kier molecular flexibility index (Phi) is 2.24. The van der Waals surface area contributed by atoms with Crippen LogP contribution >= 0.6 is 11.3 Å². The van der Waals surface area contributed by atoms with Crippen LogP contribution in [0.1, 0.15) is 36.0 Å². The van der Waals surface area contributed by atoms with E-state index in [0.29, 0.717) is 5.56 Å². The molecule has 0 atom stereocenters. The van der Waals surface area contributed by atoms with Crippen molar-refractivity contribution in [2.75, 3.05) is 0 Å². The first-order valence-electron chi connectivity index (χ1n) is 3.74. The van der Waals surface area contributed by atoms with Crippen LogP contribution in [0, 0.1) is 0 Å². The maximum Gasteiger partial charge on any atom is 0.336 e. The van der Waals surface area contributed by atoms with Crippen molar-refractivity contribution in [3.63, 3.8) is 0 Å². The molecule has 1 rings (SSSR count). The zero-order chi connectivity index (χ0) is 9.35. The van der Waals surface area contributed by atoms with Crippen LogP contribution in [0.3, 0.4) is 0 Å². The third-order valence-corrected chi connectivity index (χ3v) is 2.92. The molecular weight excluding hydrogens is 172 g/mol. The maximum absolute atomic E-state index is 10.7. The third kappa shape index (κ3) is 1.67. The first-order chi connectivity index (χ1) is 5.43. The fourth-order valence-electron chi connectivity index (χ4n) is 1.06. The highest BCUT2D eigenvalue weighted by Crippen LogP contribution is 2.30. The van der Waals surface area contributed by atoms with Gasteiger partial charge in [-0.3, -0.25) is 0 Å². The molecule has 0 bridgehead atoms. The summed E-state index contributed by atoms with van der Waals surface area (Å²) < 4.78 is 0. The van der Waals surface area contributed by atoms with E-state index < -0.39 is 5.97 Å². The quantitative estimate of drug-likeness (QED) is 0.728. The van der Waals surface area contributed by atoms with E-state index in [-0.39, 0.29) is 5.41 Å². The van der Waals surface area contributed by atoms with Crippen molar-refractivity contribution in [1.29, 1.82) is 0 Å². The highest BCUT2D eigenvalue weighted by atomic mass is 32.1. The molecule has 1 aromatic rings. The molecule has 0 spiro atoms. The van der Waals surface area contributed by atoms with E-state index in [1.807, 2.05) is 26.2 Å². The topological polar surface area (TPSA) is 37.3 Å². The Morgan fingerprint density at radius 3 is 2.42 bits per heavy atom. The summed E-state index contributed by atoms with van der Waals surface area (Å²) in [6.45, 7) is 6.06. The molecule has 12 heavy (non-hydrogen) atoms. The number of aromatic carboxylic acids is 1. The molecule has 2 nitrogen and oxygen atoms in total. The lowest BCUT2D eigenvalue weighted by Gasteiger charge is -2.17. The van der Waals surface area contributed by atoms with Crippen LogP contribution in [-0.4, -0.2) is 11.1 Å². The summed E-state index contributed by atoms with van der Waals surface area (Å²) in [6, 6.07) is 1.66. The summed E-state index contributed by atoms with van der Waals surface area (Å²) in [6.07, 6.45) is 0. The van der Waals surface area contributed by atoms with E-state index in [2.05, 4.69) is 0 Å². The molecule has 0 amide bonds. The molecule has 0 aliphatic heterocycles. The molecule has 0 radical (unpaired) electrons. The number of hydrogen-bond donors (Lipinski definition) is 1. The standard InChI is InChI=1S/C9H12O2S/c1-9(2,3)7-6(8(10)11)4-5-12-7/h4-5H,1-3H3,(H,10,11). The van der Waals surface area contributed by atoms with E-state index in [9.17, 15) is 4.79 Å². The zero-order valence-corrected chi connectivity index (χ0v) is 8.23. The normalized spacial score (nSPS) is 11.6. The van der Waals surface area contributed by atoms with Gasteiger partial charge in [0.15, 0.2) is 0 Å². The van der Waals surface area contributed by atoms with Gasteiger partial charge in [-0.05, 0) is 16.9 Å². The minimum atomic E-state index is -0.832. The van der Waals surface area contributed by atoms with E-state index >= 15 is 0 Å². The predicted octanol–water partition coefficient (Wildman–Crippen LogP) is 2.74. The maximum atomic E-state index is 10.7. The fourth-order valence-corrected chi connectivity index (χ4v) is 2.03. The van der Waals surface area contributed by atoms with Crippen LogP contribution in [0.5, 0.6) is 0 Å². The lowest BCUT2D eigenvalue weighted by Crippen LogP contribution is -2.13. The summed E-state index contributed by atoms with van der Waals surface area (Å²) in [4.78, 5) is 11.7. The molecule has 1 N–H and O–H groups in total. The Balaban J connectivity index is 3.17. The summed E-state index contributed by atoms with van der Waals surface area (Å²) in [5, 5.41) is 10.6. The molecule has 1 aromatic heterocycles. The molecule has 0 aliphatic carbocycles. The minimum absolute atomic E-state index is 0.0676. The second-order valence-electron chi connectivity index (χ2n) is 3.72. The minimum Gasteiger partial charge on any atom is -0.478 e. The monoisotopic (exact) mass is 184 g/mol. The van der Waals surface area contributed by atoms with Crippen molar-refractivity contribution in [2.24, 2.45) is 0 Å². The number of carboxylic acids is 1. The van der Waals surface area contributed by atoms with Gasteiger partial charge in [0.05, 0.1) is 5.56 Å². The van der Waals surface area contributed by atoms with Gasteiger partial charge in [0.2, 0.25) is 0 Å². The number of thiophene rings is 1. The van der Waals surface area contributed by atoms with Crippen LogP contribution < -0.4 is 0 Å².